The van der Waals surface area contributed by atoms with E-state index in [1.54, 1.807) is 7.11 Å². The van der Waals surface area contributed by atoms with E-state index in [1.165, 1.54) is 12.1 Å². The maximum atomic E-state index is 13.4. The van der Waals surface area contributed by atoms with Crippen LogP contribution in [0.2, 0.25) is 0 Å². The van der Waals surface area contributed by atoms with Crippen LogP contribution in [0.1, 0.15) is 37.3 Å². The zero-order valence-electron chi connectivity index (χ0n) is 16.9. The van der Waals surface area contributed by atoms with Crippen molar-refractivity contribution in [1.82, 2.24) is 15.1 Å². The maximum absolute atomic E-state index is 13.4. The molecular weight excluding hydrogens is 369 g/mol. The number of aromatic nitrogens is 2. The molecule has 1 fully saturated rings. The van der Waals surface area contributed by atoms with E-state index >= 15 is 0 Å². The molecule has 0 saturated carbocycles. The normalized spacial score (nSPS) is 15.7. The standard InChI is InChI=1S/C23H28FN3O2/c1-28-21-6-2-3-7-22(21)29-15-5-4-12-27-13-10-17(11-14-27)23-19-9-8-18(24)16-20(19)25-26-23/h2-3,6-9,16-17H,4-5,10-15H2,1H3,(H,25,26). The van der Waals surface area contributed by atoms with Gasteiger partial charge in [0.1, 0.15) is 5.82 Å². The van der Waals surface area contributed by atoms with Crippen LogP contribution < -0.4 is 9.47 Å². The second-order valence-corrected chi connectivity index (χ2v) is 7.62. The van der Waals surface area contributed by atoms with Crippen LogP contribution in [0.3, 0.4) is 0 Å². The van der Waals surface area contributed by atoms with E-state index in [2.05, 4.69) is 15.1 Å². The van der Waals surface area contributed by atoms with E-state index in [9.17, 15) is 4.39 Å². The van der Waals surface area contributed by atoms with Gasteiger partial charge < -0.3 is 14.4 Å². The number of hydrogen-bond donors (Lipinski definition) is 1. The SMILES string of the molecule is COc1ccccc1OCCCCN1CCC(c2[nH]nc3cc(F)ccc23)CC1. The Bertz CT molecular complexity index is 935. The molecule has 2 aromatic carbocycles. The number of nitrogens with zero attached hydrogens (tertiary/aromatic N) is 2. The molecule has 0 bridgehead atoms. The first-order valence-electron chi connectivity index (χ1n) is 10.4. The summed E-state index contributed by atoms with van der Waals surface area (Å²) in [6, 6.07) is 12.6. The molecule has 0 atom stereocenters. The van der Waals surface area contributed by atoms with Gasteiger partial charge in [-0.25, -0.2) is 4.39 Å². The van der Waals surface area contributed by atoms with Crippen LogP contribution in [-0.4, -0.2) is 48.4 Å². The number of H-pyrrole nitrogens is 1. The Balaban J connectivity index is 1.19. The summed E-state index contributed by atoms with van der Waals surface area (Å²) in [6.45, 7) is 3.96. The molecule has 0 amide bonds. The predicted molar refractivity (Wildman–Crippen MR) is 112 cm³/mol. The molecule has 0 unspecified atom stereocenters. The van der Waals surface area contributed by atoms with Crippen LogP contribution in [0.15, 0.2) is 42.5 Å². The Morgan fingerprint density at radius 3 is 2.69 bits per heavy atom. The van der Waals surface area contributed by atoms with Gasteiger partial charge >= 0.3 is 0 Å². The number of likely N-dealkylation sites (tertiary alicyclic amines) is 1. The lowest BCUT2D eigenvalue weighted by Crippen LogP contribution is -2.34. The molecule has 29 heavy (non-hydrogen) atoms. The molecule has 154 valence electrons. The average molecular weight is 397 g/mol. The van der Waals surface area contributed by atoms with Crippen molar-refractivity contribution in [3.8, 4) is 11.5 Å². The number of fused-ring (bicyclic) bond motifs is 1. The van der Waals surface area contributed by atoms with Gasteiger partial charge in [-0.15, -0.1) is 0 Å². The molecule has 1 aliphatic rings. The highest BCUT2D eigenvalue weighted by atomic mass is 19.1. The van der Waals surface area contributed by atoms with Crippen molar-refractivity contribution in [3.63, 3.8) is 0 Å². The van der Waals surface area contributed by atoms with E-state index in [4.69, 9.17) is 9.47 Å². The van der Waals surface area contributed by atoms with Gasteiger partial charge in [-0.05, 0) is 69.6 Å². The van der Waals surface area contributed by atoms with Crippen molar-refractivity contribution in [3.05, 3.63) is 54.0 Å². The third-order valence-corrected chi connectivity index (χ3v) is 5.74. The highest BCUT2D eigenvalue weighted by Gasteiger charge is 2.23. The number of hydrogen-bond acceptors (Lipinski definition) is 4. The number of aromatic amines is 1. The van der Waals surface area contributed by atoms with E-state index in [0.29, 0.717) is 12.5 Å². The fraction of sp³-hybridized carbons (Fsp3) is 0.435. The lowest BCUT2D eigenvalue weighted by Gasteiger charge is -2.31. The minimum Gasteiger partial charge on any atom is -0.493 e. The van der Waals surface area contributed by atoms with Crippen molar-refractivity contribution >= 4 is 10.9 Å². The van der Waals surface area contributed by atoms with Gasteiger partial charge in [-0.1, -0.05) is 12.1 Å². The summed E-state index contributed by atoms with van der Waals surface area (Å²) in [4.78, 5) is 2.53. The molecule has 1 aliphatic heterocycles. The molecular formula is C23H28FN3O2. The molecule has 1 aromatic heterocycles. The number of halogens is 1. The Kier molecular flexibility index (Phi) is 6.30. The van der Waals surface area contributed by atoms with Gasteiger partial charge in [-0.2, -0.15) is 5.10 Å². The number of methoxy groups -OCH3 is 1. The third-order valence-electron chi connectivity index (χ3n) is 5.74. The predicted octanol–water partition coefficient (Wildman–Crippen LogP) is 4.75. The van der Waals surface area contributed by atoms with Crippen molar-refractivity contribution < 1.29 is 13.9 Å². The van der Waals surface area contributed by atoms with Gasteiger partial charge in [0.2, 0.25) is 0 Å². The summed E-state index contributed by atoms with van der Waals surface area (Å²) in [7, 11) is 1.66. The van der Waals surface area contributed by atoms with Gasteiger partial charge in [0.25, 0.3) is 0 Å². The highest BCUT2D eigenvalue weighted by Crippen LogP contribution is 2.32. The first-order chi connectivity index (χ1) is 14.2. The van der Waals surface area contributed by atoms with Gasteiger partial charge in [0.05, 0.1) is 19.2 Å². The van der Waals surface area contributed by atoms with E-state index in [1.807, 2.05) is 30.3 Å². The molecule has 1 N–H and O–H groups in total. The van der Waals surface area contributed by atoms with Crippen molar-refractivity contribution in [2.24, 2.45) is 0 Å². The van der Waals surface area contributed by atoms with Crippen LogP contribution >= 0.6 is 0 Å². The lowest BCUT2D eigenvalue weighted by molar-refractivity contribution is 0.200. The fourth-order valence-corrected chi connectivity index (χ4v) is 4.12. The fourth-order valence-electron chi connectivity index (χ4n) is 4.12. The smallest absolute Gasteiger partial charge is 0.161 e. The summed E-state index contributed by atoms with van der Waals surface area (Å²) in [5, 5.41) is 8.48. The Morgan fingerprint density at radius 2 is 1.90 bits per heavy atom. The van der Waals surface area contributed by atoms with Crippen molar-refractivity contribution in [1.29, 1.82) is 0 Å². The second-order valence-electron chi connectivity index (χ2n) is 7.62. The second kappa shape index (κ2) is 9.27. The first kappa shape index (κ1) is 19.7. The van der Waals surface area contributed by atoms with Crippen molar-refractivity contribution in [2.45, 2.75) is 31.6 Å². The lowest BCUT2D eigenvalue weighted by atomic mass is 9.91. The molecule has 0 radical (unpaired) electrons. The summed E-state index contributed by atoms with van der Waals surface area (Å²) in [5.74, 6) is 1.82. The quantitative estimate of drug-likeness (QED) is 0.558. The molecule has 3 aromatic rings. The van der Waals surface area contributed by atoms with E-state index in [0.717, 1.165) is 73.4 Å². The minimum atomic E-state index is -0.236. The summed E-state index contributed by atoms with van der Waals surface area (Å²) >= 11 is 0. The Hall–Kier alpha value is -2.60. The van der Waals surface area contributed by atoms with Crippen LogP contribution in [0.5, 0.6) is 11.5 Å². The van der Waals surface area contributed by atoms with Crippen LogP contribution in [0.4, 0.5) is 4.39 Å². The Morgan fingerprint density at radius 1 is 1.10 bits per heavy atom. The Labute approximate surface area is 170 Å². The topological polar surface area (TPSA) is 50.4 Å². The van der Waals surface area contributed by atoms with Crippen LogP contribution in [-0.2, 0) is 0 Å². The third kappa shape index (κ3) is 4.70. The number of para-hydroxylation sites is 2. The average Bonchev–Trinajstić information content (AvgIpc) is 3.17. The monoisotopic (exact) mass is 397 g/mol. The molecule has 4 rings (SSSR count). The zero-order chi connectivity index (χ0) is 20.1. The van der Waals surface area contributed by atoms with Gasteiger partial charge in [0, 0.05) is 23.1 Å². The molecule has 5 nitrogen and oxygen atoms in total. The summed E-state index contributed by atoms with van der Waals surface area (Å²) < 4.78 is 24.5. The molecule has 0 aliphatic carbocycles. The highest BCUT2D eigenvalue weighted by molar-refractivity contribution is 5.81. The van der Waals surface area contributed by atoms with Gasteiger partial charge in [-0.3, -0.25) is 5.10 Å². The number of nitrogens with one attached hydrogen (secondary N) is 1. The number of benzene rings is 2. The van der Waals surface area contributed by atoms with Crippen molar-refractivity contribution in [2.75, 3.05) is 33.4 Å². The first-order valence-corrected chi connectivity index (χ1v) is 10.4. The maximum Gasteiger partial charge on any atom is 0.161 e. The molecule has 2 heterocycles. The molecule has 6 heteroatoms. The number of piperidine rings is 1. The minimum absolute atomic E-state index is 0.236. The van der Waals surface area contributed by atoms with Crippen LogP contribution in [0, 0.1) is 5.82 Å². The number of ether oxygens (including phenoxy) is 2. The van der Waals surface area contributed by atoms with E-state index in [-0.39, 0.29) is 5.82 Å². The summed E-state index contributed by atoms with van der Waals surface area (Å²) in [5.41, 5.74) is 1.88. The molecule has 0 spiro atoms. The zero-order valence-corrected chi connectivity index (χ0v) is 16.9. The summed E-state index contributed by atoms with van der Waals surface area (Å²) in [6.07, 6.45) is 4.35. The van der Waals surface area contributed by atoms with E-state index < -0.39 is 0 Å². The number of rotatable bonds is 8. The number of unbranched alkanes of at least 4 members (excludes halogenated alkanes) is 1. The van der Waals surface area contributed by atoms with Crippen LogP contribution in [0.25, 0.3) is 10.9 Å². The molecule has 1 saturated heterocycles. The van der Waals surface area contributed by atoms with Gasteiger partial charge in [0.15, 0.2) is 11.5 Å². The largest absolute Gasteiger partial charge is 0.493 e.